The molecule has 4 nitrogen and oxygen atoms in total. The van der Waals surface area contributed by atoms with Gasteiger partial charge >= 0.3 is 0 Å². The van der Waals surface area contributed by atoms with E-state index in [0.717, 1.165) is 30.2 Å². The number of nitrogens with two attached hydrogens (primary N) is 1. The Morgan fingerprint density at radius 1 is 1.42 bits per heavy atom. The minimum absolute atomic E-state index is 0.0306. The van der Waals surface area contributed by atoms with Crippen LogP contribution in [0.4, 0.5) is 5.69 Å². The highest BCUT2D eigenvalue weighted by Gasteiger charge is 2.19. The molecule has 1 aliphatic rings. The van der Waals surface area contributed by atoms with E-state index in [2.05, 4.69) is 21.2 Å². The zero-order valence-corrected chi connectivity index (χ0v) is 12.9. The third-order valence-electron chi connectivity index (χ3n) is 3.20. The normalized spacial score (nSPS) is 17.3. The second-order valence-corrected chi connectivity index (χ2v) is 7.06. The maximum atomic E-state index is 12.2. The fraction of sp³-hybridized carbons (Fsp3) is 0.462. The number of halogens is 1. The first kappa shape index (κ1) is 14.5. The Balaban J connectivity index is 1.96. The molecule has 1 saturated carbocycles. The molecule has 6 heteroatoms. The average Bonchev–Trinajstić information content (AvgIpc) is 2.84. The monoisotopic (exact) mass is 344 g/mol. The van der Waals surface area contributed by atoms with Gasteiger partial charge in [0.2, 0.25) is 5.91 Å². The summed E-state index contributed by atoms with van der Waals surface area (Å²) in [5.41, 5.74) is 6.24. The number of carbonyl (C=O) groups is 1. The molecule has 0 spiro atoms. The predicted octanol–water partition coefficient (Wildman–Crippen LogP) is 2.20. The Morgan fingerprint density at radius 2 is 2.11 bits per heavy atom. The third kappa shape index (κ3) is 4.04. The largest absolute Gasteiger partial charge is 0.398 e. The maximum absolute atomic E-state index is 12.2. The van der Waals surface area contributed by atoms with Crippen molar-refractivity contribution in [3.8, 4) is 0 Å². The second-order valence-electron chi connectivity index (χ2n) is 4.72. The van der Waals surface area contributed by atoms with Crippen LogP contribution in [0.1, 0.15) is 25.7 Å². The number of benzene rings is 1. The molecule has 0 saturated heterocycles. The molecule has 1 aliphatic carbocycles. The lowest BCUT2D eigenvalue weighted by Crippen LogP contribution is -2.35. The maximum Gasteiger partial charge on any atom is 0.233 e. The Bertz CT molecular complexity index is 501. The van der Waals surface area contributed by atoms with Crippen LogP contribution in [0.5, 0.6) is 0 Å². The van der Waals surface area contributed by atoms with Crippen LogP contribution < -0.4 is 11.1 Å². The van der Waals surface area contributed by atoms with Crippen LogP contribution in [0.25, 0.3) is 0 Å². The summed E-state index contributed by atoms with van der Waals surface area (Å²) in [6.45, 7) is 0. The van der Waals surface area contributed by atoms with E-state index in [1.165, 1.54) is 0 Å². The summed E-state index contributed by atoms with van der Waals surface area (Å²) in [5, 5.41) is 2.93. The van der Waals surface area contributed by atoms with Gasteiger partial charge in [0.15, 0.2) is 0 Å². The molecular formula is C13H17BrN2O2S. The van der Waals surface area contributed by atoms with Gasteiger partial charge in [-0.15, -0.1) is 0 Å². The molecule has 1 fully saturated rings. The molecule has 0 radical (unpaired) electrons. The van der Waals surface area contributed by atoms with Crippen LogP contribution >= 0.6 is 15.9 Å². The van der Waals surface area contributed by atoms with Crippen LogP contribution in [0.15, 0.2) is 27.6 Å². The minimum atomic E-state index is -1.40. The number of nitrogen functional groups attached to an aromatic ring is 1. The molecule has 1 unspecified atom stereocenters. The first-order valence-electron chi connectivity index (χ1n) is 6.29. The summed E-state index contributed by atoms with van der Waals surface area (Å²) in [4.78, 5) is 12.3. The Morgan fingerprint density at radius 3 is 2.79 bits per heavy atom. The first-order chi connectivity index (χ1) is 9.06. The zero-order chi connectivity index (χ0) is 13.8. The average molecular weight is 345 g/mol. The Hall–Kier alpha value is -0.880. The number of amides is 1. The molecule has 19 heavy (non-hydrogen) atoms. The van der Waals surface area contributed by atoms with Crippen LogP contribution in [0.3, 0.4) is 0 Å². The highest BCUT2D eigenvalue weighted by Crippen LogP contribution is 2.22. The Labute approximate surface area is 123 Å². The van der Waals surface area contributed by atoms with Crippen molar-refractivity contribution in [2.24, 2.45) is 0 Å². The minimum Gasteiger partial charge on any atom is -0.398 e. The molecule has 1 atom stereocenters. The summed E-state index contributed by atoms with van der Waals surface area (Å²) in [6.07, 6.45) is 4.37. The SMILES string of the molecule is Nc1ccc(Br)cc1S(=O)CC(=O)NC1CCCC1. The van der Waals surface area contributed by atoms with Crippen molar-refractivity contribution in [1.82, 2.24) is 5.32 Å². The van der Waals surface area contributed by atoms with Gasteiger partial charge in [-0.25, -0.2) is 0 Å². The van der Waals surface area contributed by atoms with E-state index in [4.69, 9.17) is 5.73 Å². The molecule has 1 amide bonds. The van der Waals surface area contributed by atoms with Gasteiger partial charge in [0.05, 0.1) is 15.7 Å². The molecule has 3 N–H and O–H groups in total. The van der Waals surface area contributed by atoms with Gasteiger partial charge < -0.3 is 11.1 Å². The molecule has 0 aromatic heterocycles. The van der Waals surface area contributed by atoms with Crippen molar-refractivity contribution >= 4 is 38.3 Å². The fourth-order valence-electron chi connectivity index (χ4n) is 2.24. The van der Waals surface area contributed by atoms with Gasteiger partial charge in [0.25, 0.3) is 0 Å². The van der Waals surface area contributed by atoms with Gasteiger partial charge in [-0.3, -0.25) is 9.00 Å². The summed E-state index contributed by atoms with van der Waals surface area (Å²) in [6, 6.07) is 5.43. The zero-order valence-electron chi connectivity index (χ0n) is 10.5. The van der Waals surface area contributed by atoms with E-state index in [0.29, 0.717) is 10.6 Å². The van der Waals surface area contributed by atoms with Gasteiger partial charge in [0, 0.05) is 16.2 Å². The summed E-state index contributed by atoms with van der Waals surface area (Å²) in [7, 11) is -1.40. The quantitative estimate of drug-likeness (QED) is 0.822. The lowest BCUT2D eigenvalue weighted by atomic mass is 10.2. The van der Waals surface area contributed by atoms with E-state index in [1.807, 2.05) is 0 Å². The summed E-state index contributed by atoms with van der Waals surface area (Å²) in [5.74, 6) is -0.193. The lowest BCUT2D eigenvalue weighted by Gasteiger charge is -2.12. The van der Waals surface area contributed by atoms with Crippen molar-refractivity contribution in [2.45, 2.75) is 36.6 Å². The standard InChI is InChI=1S/C13H17BrN2O2S/c14-9-5-6-11(15)12(7-9)19(18)8-13(17)16-10-3-1-2-4-10/h5-7,10H,1-4,8,15H2,(H,16,17). The van der Waals surface area contributed by atoms with Gasteiger partial charge in [0.1, 0.15) is 5.75 Å². The molecule has 0 heterocycles. The molecule has 2 rings (SSSR count). The van der Waals surface area contributed by atoms with E-state index in [1.54, 1.807) is 18.2 Å². The highest BCUT2D eigenvalue weighted by molar-refractivity contribution is 9.10. The smallest absolute Gasteiger partial charge is 0.233 e. The second kappa shape index (κ2) is 6.52. The third-order valence-corrected chi connectivity index (χ3v) is 5.07. The molecule has 0 bridgehead atoms. The predicted molar refractivity (Wildman–Crippen MR) is 80.2 cm³/mol. The van der Waals surface area contributed by atoms with E-state index >= 15 is 0 Å². The van der Waals surface area contributed by atoms with Crippen molar-refractivity contribution in [1.29, 1.82) is 0 Å². The first-order valence-corrected chi connectivity index (χ1v) is 8.40. The molecule has 104 valence electrons. The van der Waals surface area contributed by atoms with E-state index in [9.17, 15) is 9.00 Å². The number of rotatable bonds is 4. The topological polar surface area (TPSA) is 72.2 Å². The summed E-state index contributed by atoms with van der Waals surface area (Å²) < 4.78 is 13.0. The number of anilines is 1. The molecule has 1 aromatic rings. The highest BCUT2D eigenvalue weighted by atomic mass is 79.9. The summed E-state index contributed by atoms with van der Waals surface area (Å²) >= 11 is 3.31. The van der Waals surface area contributed by atoms with E-state index < -0.39 is 10.8 Å². The van der Waals surface area contributed by atoms with Crippen LogP contribution in [-0.2, 0) is 15.6 Å². The van der Waals surface area contributed by atoms with Crippen molar-refractivity contribution in [3.05, 3.63) is 22.7 Å². The van der Waals surface area contributed by atoms with E-state index in [-0.39, 0.29) is 17.7 Å². The number of carbonyl (C=O) groups excluding carboxylic acids is 1. The van der Waals surface area contributed by atoms with Crippen molar-refractivity contribution < 1.29 is 9.00 Å². The van der Waals surface area contributed by atoms with Crippen LogP contribution in [0, 0.1) is 0 Å². The van der Waals surface area contributed by atoms with Crippen LogP contribution in [0.2, 0.25) is 0 Å². The molecule has 0 aliphatic heterocycles. The lowest BCUT2D eigenvalue weighted by molar-refractivity contribution is -0.119. The van der Waals surface area contributed by atoms with Gasteiger partial charge in [-0.1, -0.05) is 28.8 Å². The Kier molecular flexibility index (Phi) is 4.99. The number of hydrogen-bond donors (Lipinski definition) is 2. The van der Waals surface area contributed by atoms with Gasteiger partial charge in [-0.2, -0.15) is 0 Å². The van der Waals surface area contributed by atoms with Gasteiger partial charge in [-0.05, 0) is 31.0 Å². The molecule has 1 aromatic carbocycles. The molecular weight excluding hydrogens is 328 g/mol. The van der Waals surface area contributed by atoms with Crippen molar-refractivity contribution in [2.75, 3.05) is 11.5 Å². The fourth-order valence-corrected chi connectivity index (χ4v) is 3.82. The number of hydrogen-bond acceptors (Lipinski definition) is 3. The number of nitrogens with one attached hydrogen (secondary N) is 1. The van der Waals surface area contributed by atoms with Crippen LogP contribution in [-0.4, -0.2) is 21.9 Å². The van der Waals surface area contributed by atoms with Crippen molar-refractivity contribution in [3.63, 3.8) is 0 Å².